The van der Waals surface area contributed by atoms with Crippen LogP contribution >= 0.6 is 11.3 Å². The number of carbonyl (C=O) groups excluding carboxylic acids is 1. The van der Waals surface area contributed by atoms with Gasteiger partial charge in [-0.15, -0.1) is 11.3 Å². The average Bonchev–Trinajstić information content (AvgIpc) is 2.83. The molecule has 21 heavy (non-hydrogen) atoms. The molecule has 0 aliphatic rings. The maximum atomic E-state index is 11.5. The second-order valence-electron chi connectivity index (χ2n) is 4.30. The van der Waals surface area contributed by atoms with Gasteiger partial charge in [-0.25, -0.2) is 4.79 Å². The lowest BCUT2D eigenvalue weighted by atomic mass is 10.0. The van der Waals surface area contributed by atoms with Crippen LogP contribution in [-0.2, 0) is 4.79 Å². The molecule has 6 heteroatoms. The van der Waals surface area contributed by atoms with Crippen LogP contribution in [0.4, 0.5) is 5.00 Å². The number of anilines is 1. The summed E-state index contributed by atoms with van der Waals surface area (Å²) in [4.78, 5) is 22.6. The summed E-state index contributed by atoms with van der Waals surface area (Å²) >= 11 is 1.20. The standard InChI is InChI=1S/C15H15NO4S/c1-3-20-11-6-4-10(5-7-11)12-8-21-14(16-9(2)17)13(12)15(18)19/h4-8H,3H2,1-2H3,(H,16,17)(H,18,19). The van der Waals surface area contributed by atoms with Gasteiger partial charge in [0, 0.05) is 17.9 Å². The first-order valence-corrected chi connectivity index (χ1v) is 7.26. The van der Waals surface area contributed by atoms with Crippen molar-refractivity contribution < 1.29 is 19.4 Å². The van der Waals surface area contributed by atoms with Crippen LogP contribution in [0.2, 0.25) is 0 Å². The zero-order chi connectivity index (χ0) is 15.4. The normalized spacial score (nSPS) is 10.2. The van der Waals surface area contributed by atoms with Crippen molar-refractivity contribution in [1.82, 2.24) is 0 Å². The van der Waals surface area contributed by atoms with E-state index >= 15 is 0 Å². The molecule has 0 bridgehead atoms. The molecule has 0 aliphatic heterocycles. The van der Waals surface area contributed by atoms with E-state index in [1.807, 2.05) is 6.92 Å². The summed E-state index contributed by atoms with van der Waals surface area (Å²) < 4.78 is 5.36. The highest BCUT2D eigenvalue weighted by atomic mass is 32.1. The van der Waals surface area contributed by atoms with Crippen LogP contribution < -0.4 is 10.1 Å². The monoisotopic (exact) mass is 305 g/mol. The third-order valence-corrected chi connectivity index (χ3v) is 3.67. The number of benzene rings is 1. The Labute approximate surface area is 126 Å². The number of hydrogen-bond acceptors (Lipinski definition) is 4. The Kier molecular flexibility index (Phi) is 4.59. The molecule has 1 aromatic carbocycles. The lowest BCUT2D eigenvalue weighted by Gasteiger charge is -2.06. The van der Waals surface area contributed by atoms with Gasteiger partial charge < -0.3 is 15.2 Å². The number of hydrogen-bond donors (Lipinski definition) is 2. The summed E-state index contributed by atoms with van der Waals surface area (Å²) in [5, 5.41) is 14.0. The average molecular weight is 305 g/mol. The number of carboxylic acid groups (broad SMARTS) is 1. The van der Waals surface area contributed by atoms with Crippen molar-refractivity contribution in [3.05, 3.63) is 35.2 Å². The van der Waals surface area contributed by atoms with Gasteiger partial charge >= 0.3 is 5.97 Å². The zero-order valence-electron chi connectivity index (χ0n) is 11.7. The summed E-state index contributed by atoms with van der Waals surface area (Å²) in [6.07, 6.45) is 0. The molecule has 2 rings (SSSR count). The van der Waals surface area contributed by atoms with Crippen molar-refractivity contribution in [2.45, 2.75) is 13.8 Å². The molecule has 1 heterocycles. The molecule has 0 unspecified atom stereocenters. The van der Waals surface area contributed by atoms with Crippen molar-refractivity contribution in [3.63, 3.8) is 0 Å². The van der Waals surface area contributed by atoms with Crippen molar-refractivity contribution in [2.24, 2.45) is 0 Å². The summed E-state index contributed by atoms with van der Waals surface area (Å²) in [5.74, 6) is -0.628. The van der Waals surface area contributed by atoms with Gasteiger partial charge in [0.25, 0.3) is 0 Å². The molecule has 1 amide bonds. The van der Waals surface area contributed by atoms with E-state index in [1.165, 1.54) is 18.3 Å². The Hall–Kier alpha value is -2.34. The topological polar surface area (TPSA) is 75.6 Å². The van der Waals surface area contributed by atoms with Crippen LogP contribution in [-0.4, -0.2) is 23.6 Å². The van der Waals surface area contributed by atoms with E-state index in [9.17, 15) is 14.7 Å². The summed E-state index contributed by atoms with van der Waals surface area (Å²) in [7, 11) is 0. The molecule has 110 valence electrons. The Morgan fingerprint density at radius 3 is 2.48 bits per heavy atom. The van der Waals surface area contributed by atoms with E-state index in [0.717, 1.165) is 11.3 Å². The summed E-state index contributed by atoms with van der Waals surface area (Å²) in [6, 6.07) is 7.19. The first kappa shape index (κ1) is 15.1. The lowest BCUT2D eigenvalue weighted by Crippen LogP contribution is -2.08. The molecular formula is C15H15NO4S. The van der Waals surface area contributed by atoms with Crippen molar-refractivity contribution in [1.29, 1.82) is 0 Å². The van der Waals surface area contributed by atoms with Gasteiger partial charge in [0.15, 0.2) is 0 Å². The second kappa shape index (κ2) is 6.41. The minimum Gasteiger partial charge on any atom is -0.494 e. The van der Waals surface area contributed by atoms with Crippen molar-refractivity contribution >= 4 is 28.2 Å². The number of amides is 1. The molecule has 0 spiro atoms. The van der Waals surface area contributed by atoms with Crippen LogP contribution in [0.3, 0.4) is 0 Å². The van der Waals surface area contributed by atoms with E-state index in [-0.39, 0.29) is 11.5 Å². The molecule has 0 atom stereocenters. The smallest absolute Gasteiger partial charge is 0.339 e. The van der Waals surface area contributed by atoms with E-state index < -0.39 is 5.97 Å². The Bertz CT molecular complexity index is 661. The van der Waals surface area contributed by atoms with Gasteiger partial charge in [0.1, 0.15) is 16.3 Å². The first-order chi connectivity index (χ1) is 10.0. The number of nitrogens with one attached hydrogen (secondary N) is 1. The van der Waals surface area contributed by atoms with E-state index in [0.29, 0.717) is 17.2 Å². The number of carboxylic acids is 1. The SMILES string of the molecule is CCOc1ccc(-c2csc(NC(C)=O)c2C(=O)O)cc1. The Morgan fingerprint density at radius 1 is 1.29 bits per heavy atom. The predicted molar refractivity (Wildman–Crippen MR) is 82.2 cm³/mol. The van der Waals surface area contributed by atoms with Crippen LogP contribution in [0.1, 0.15) is 24.2 Å². The number of ether oxygens (including phenoxy) is 1. The fraction of sp³-hybridized carbons (Fsp3) is 0.200. The van der Waals surface area contributed by atoms with Crippen molar-refractivity contribution in [3.8, 4) is 16.9 Å². The fourth-order valence-corrected chi connectivity index (χ4v) is 2.94. The highest BCUT2D eigenvalue weighted by Crippen LogP contribution is 2.36. The van der Waals surface area contributed by atoms with Gasteiger partial charge in [-0.1, -0.05) is 12.1 Å². The molecule has 0 radical (unpaired) electrons. The van der Waals surface area contributed by atoms with Crippen LogP contribution in [0.5, 0.6) is 5.75 Å². The minimum atomic E-state index is -1.07. The van der Waals surface area contributed by atoms with Crippen LogP contribution in [0.25, 0.3) is 11.1 Å². The molecule has 0 saturated carbocycles. The Balaban J connectivity index is 2.41. The number of carbonyl (C=O) groups is 2. The van der Waals surface area contributed by atoms with Gasteiger partial charge in [-0.05, 0) is 24.6 Å². The molecule has 0 aliphatic carbocycles. The molecule has 5 nitrogen and oxygen atoms in total. The third kappa shape index (κ3) is 3.41. The van der Waals surface area contributed by atoms with Gasteiger partial charge in [0.2, 0.25) is 5.91 Å². The molecule has 2 aromatic rings. The van der Waals surface area contributed by atoms with E-state index in [2.05, 4.69) is 5.32 Å². The molecule has 0 saturated heterocycles. The summed E-state index contributed by atoms with van der Waals surface area (Å²) in [5.41, 5.74) is 1.46. The van der Waals surface area contributed by atoms with Crippen LogP contribution in [0.15, 0.2) is 29.6 Å². The largest absolute Gasteiger partial charge is 0.494 e. The predicted octanol–water partition coefficient (Wildman–Crippen LogP) is 3.47. The Morgan fingerprint density at radius 2 is 1.95 bits per heavy atom. The van der Waals surface area contributed by atoms with Gasteiger partial charge in [-0.3, -0.25) is 4.79 Å². The molecule has 2 N–H and O–H groups in total. The summed E-state index contributed by atoms with van der Waals surface area (Å²) in [6.45, 7) is 3.82. The zero-order valence-corrected chi connectivity index (χ0v) is 12.5. The van der Waals surface area contributed by atoms with E-state index in [1.54, 1.807) is 29.6 Å². The fourth-order valence-electron chi connectivity index (χ4n) is 1.93. The number of rotatable bonds is 5. The lowest BCUT2D eigenvalue weighted by molar-refractivity contribution is -0.114. The minimum absolute atomic E-state index is 0.111. The van der Waals surface area contributed by atoms with Gasteiger partial charge in [-0.2, -0.15) is 0 Å². The number of aromatic carboxylic acids is 1. The van der Waals surface area contributed by atoms with Crippen LogP contribution in [0, 0.1) is 0 Å². The van der Waals surface area contributed by atoms with Crippen molar-refractivity contribution in [2.75, 3.05) is 11.9 Å². The third-order valence-electron chi connectivity index (χ3n) is 2.77. The number of thiophene rings is 1. The first-order valence-electron chi connectivity index (χ1n) is 6.38. The maximum absolute atomic E-state index is 11.5. The molecule has 1 aromatic heterocycles. The maximum Gasteiger partial charge on any atom is 0.339 e. The highest BCUT2D eigenvalue weighted by molar-refractivity contribution is 7.15. The molecular weight excluding hydrogens is 290 g/mol. The second-order valence-corrected chi connectivity index (χ2v) is 5.18. The highest BCUT2D eigenvalue weighted by Gasteiger charge is 2.20. The quantitative estimate of drug-likeness (QED) is 0.887. The van der Waals surface area contributed by atoms with Gasteiger partial charge in [0.05, 0.1) is 6.61 Å². The molecule has 0 fully saturated rings. The van der Waals surface area contributed by atoms with E-state index in [4.69, 9.17) is 4.74 Å².